The number of carbonyl (C=O) groups is 2. The molecule has 0 aliphatic rings. The van der Waals surface area contributed by atoms with Gasteiger partial charge in [-0.05, 0) is 36.6 Å². The molecule has 26 heavy (non-hydrogen) atoms. The molecule has 0 heterocycles. The second-order valence-electron chi connectivity index (χ2n) is 5.96. The Morgan fingerprint density at radius 2 is 1.81 bits per heavy atom. The summed E-state index contributed by atoms with van der Waals surface area (Å²) in [5, 5.41) is 11.9. The minimum Gasteiger partial charge on any atom is -0.481 e. The zero-order valence-electron chi connectivity index (χ0n) is 14.7. The van der Waals surface area contributed by atoms with E-state index in [1.807, 2.05) is 19.1 Å². The fraction of sp³-hybridized carbons (Fsp3) is 0.300. The fourth-order valence-corrected chi connectivity index (χ4v) is 2.67. The van der Waals surface area contributed by atoms with E-state index in [4.69, 9.17) is 4.74 Å². The molecule has 0 saturated carbocycles. The zero-order valence-corrected chi connectivity index (χ0v) is 14.7. The van der Waals surface area contributed by atoms with E-state index in [9.17, 15) is 19.1 Å². The molecule has 2 unspecified atom stereocenters. The van der Waals surface area contributed by atoms with E-state index in [2.05, 4.69) is 5.32 Å². The minimum atomic E-state index is -1.03. The lowest BCUT2D eigenvalue weighted by atomic mass is 9.98. The van der Waals surface area contributed by atoms with Crippen LogP contribution in [0.15, 0.2) is 48.5 Å². The molecular formula is C20H22FNO4. The van der Waals surface area contributed by atoms with Crippen molar-refractivity contribution in [2.75, 3.05) is 0 Å². The number of hydrogen-bond acceptors (Lipinski definition) is 3. The van der Waals surface area contributed by atoms with Crippen LogP contribution in [-0.4, -0.2) is 23.1 Å². The van der Waals surface area contributed by atoms with Gasteiger partial charge >= 0.3 is 5.97 Å². The van der Waals surface area contributed by atoms with Crippen molar-refractivity contribution < 1.29 is 23.8 Å². The number of rotatable bonds is 8. The number of benzene rings is 2. The summed E-state index contributed by atoms with van der Waals surface area (Å²) in [5.41, 5.74) is 1.60. The number of para-hydroxylation sites is 1. The van der Waals surface area contributed by atoms with E-state index in [0.29, 0.717) is 6.42 Å². The van der Waals surface area contributed by atoms with E-state index in [1.165, 1.54) is 18.2 Å². The van der Waals surface area contributed by atoms with Crippen molar-refractivity contribution in [2.45, 2.75) is 38.8 Å². The molecule has 2 N–H and O–H groups in total. The maximum absolute atomic E-state index is 13.8. The molecule has 6 heteroatoms. The average molecular weight is 359 g/mol. The molecule has 0 aliphatic heterocycles. The number of carboxylic acid groups (broad SMARTS) is 1. The van der Waals surface area contributed by atoms with Gasteiger partial charge in [0.1, 0.15) is 0 Å². The van der Waals surface area contributed by atoms with E-state index in [0.717, 1.165) is 11.1 Å². The molecule has 138 valence electrons. The van der Waals surface area contributed by atoms with Gasteiger partial charge in [0.15, 0.2) is 17.7 Å². The minimum absolute atomic E-state index is 0.0137. The predicted octanol–water partition coefficient (Wildman–Crippen LogP) is 3.62. The lowest BCUT2D eigenvalue weighted by Crippen LogP contribution is -2.41. The van der Waals surface area contributed by atoms with Crippen molar-refractivity contribution >= 4 is 11.9 Å². The number of halogens is 1. The van der Waals surface area contributed by atoms with Crippen molar-refractivity contribution in [3.63, 3.8) is 0 Å². The highest BCUT2D eigenvalue weighted by atomic mass is 19.1. The number of ether oxygens (including phenoxy) is 1. The Morgan fingerprint density at radius 1 is 1.15 bits per heavy atom. The molecule has 0 spiro atoms. The van der Waals surface area contributed by atoms with Crippen molar-refractivity contribution in [3.05, 3.63) is 65.5 Å². The molecule has 5 nitrogen and oxygen atoms in total. The Bertz CT molecular complexity index is 778. The molecule has 2 rings (SSSR count). The Morgan fingerprint density at radius 3 is 2.42 bits per heavy atom. The molecule has 0 saturated heterocycles. The van der Waals surface area contributed by atoms with E-state index in [1.54, 1.807) is 25.1 Å². The zero-order chi connectivity index (χ0) is 19.1. The summed E-state index contributed by atoms with van der Waals surface area (Å²) in [7, 11) is 0. The van der Waals surface area contributed by atoms with Gasteiger partial charge in [-0.25, -0.2) is 4.39 Å². The van der Waals surface area contributed by atoms with Gasteiger partial charge in [0, 0.05) is 0 Å². The highest BCUT2D eigenvalue weighted by molar-refractivity contribution is 5.82. The third-order valence-electron chi connectivity index (χ3n) is 4.03. The quantitative estimate of drug-likeness (QED) is 0.755. The first-order valence-corrected chi connectivity index (χ1v) is 8.41. The number of nitrogens with one attached hydrogen (secondary N) is 1. The van der Waals surface area contributed by atoms with Gasteiger partial charge in [-0.2, -0.15) is 0 Å². The topological polar surface area (TPSA) is 75.6 Å². The standard InChI is InChI=1S/C20H22FNO4/c1-3-17(26-18-11-7-6-10-15(18)21)20(25)22-16(12-19(23)24)14-9-5-4-8-13(14)2/h4-11,16-17H,3,12H2,1-2H3,(H,22,25)(H,23,24). The van der Waals surface area contributed by atoms with Crippen molar-refractivity contribution in [1.29, 1.82) is 0 Å². The number of aryl methyl sites for hydroxylation is 1. The van der Waals surface area contributed by atoms with Crippen LogP contribution < -0.4 is 10.1 Å². The Balaban J connectivity index is 2.18. The maximum atomic E-state index is 13.8. The summed E-state index contributed by atoms with van der Waals surface area (Å²) < 4.78 is 19.3. The van der Waals surface area contributed by atoms with Crippen molar-refractivity contribution in [2.24, 2.45) is 0 Å². The highest BCUT2D eigenvalue weighted by Crippen LogP contribution is 2.22. The second kappa shape index (κ2) is 8.99. The summed E-state index contributed by atoms with van der Waals surface area (Å²) in [5.74, 6) is -2.08. The molecule has 2 atom stereocenters. The predicted molar refractivity (Wildman–Crippen MR) is 95.4 cm³/mol. The van der Waals surface area contributed by atoms with Crippen LogP contribution in [0.1, 0.15) is 36.9 Å². The van der Waals surface area contributed by atoms with Crippen molar-refractivity contribution in [3.8, 4) is 5.75 Å². The number of carbonyl (C=O) groups excluding carboxylic acids is 1. The third kappa shape index (κ3) is 5.05. The monoisotopic (exact) mass is 359 g/mol. The SMILES string of the molecule is CCC(Oc1ccccc1F)C(=O)NC(CC(=O)O)c1ccccc1C. The van der Waals surface area contributed by atoms with Gasteiger partial charge in [0.2, 0.25) is 0 Å². The van der Waals surface area contributed by atoms with Crippen LogP contribution in [0.25, 0.3) is 0 Å². The molecule has 1 amide bonds. The first-order chi connectivity index (χ1) is 12.4. The summed E-state index contributed by atoms with van der Waals surface area (Å²) in [6.07, 6.45) is -0.868. The van der Waals surface area contributed by atoms with Crippen LogP contribution in [0.2, 0.25) is 0 Å². The Kier molecular flexibility index (Phi) is 6.72. The van der Waals surface area contributed by atoms with E-state index >= 15 is 0 Å². The number of carboxylic acids is 1. The molecule has 2 aromatic rings. The summed E-state index contributed by atoms with van der Waals surface area (Å²) >= 11 is 0. The van der Waals surface area contributed by atoms with Crippen molar-refractivity contribution in [1.82, 2.24) is 5.32 Å². The van der Waals surface area contributed by atoms with Crippen LogP contribution >= 0.6 is 0 Å². The van der Waals surface area contributed by atoms with E-state index < -0.39 is 29.8 Å². The highest BCUT2D eigenvalue weighted by Gasteiger charge is 2.25. The molecule has 0 fully saturated rings. The van der Waals surface area contributed by atoms with Gasteiger partial charge < -0.3 is 15.2 Å². The Hall–Kier alpha value is -2.89. The molecule has 0 radical (unpaired) electrons. The van der Waals surface area contributed by atoms with Gasteiger partial charge in [-0.1, -0.05) is 43.3 Å². The molecule has 0 aromatic heterocycles. The van der Waals surface area contributed by atoms with Gasteiger partial charge in [0.05, 0.1) is 12.5 Å². The lowest BCUT2D eigenvalue weighted by molar-refractivity contribution is -0.138. The Labute approximate surface area is 151 Å². The fourth-order valence-electron chi connectivity index (χ4n) is 2.67. The van der Waals surface area contributed by atoms with Crippen LogP contribution in [0.4, 0.5) is 4.39 Å². The number of amides is 1. The average Bonchev–Trinajstić information content (AvgIpc) is 2.60. The lowest BCUT2D eigenvalue weighted by Gasteiger charge is -2.23. The summed E-state index contributed by atoms with van der Waals surface area (Å²) in [6.45, 7) is 3.59. The number of hydrogen-bond donors (Lipinski definition) is 2. The number of aliphatic carboxylic acids is 1. The molecular weight excluding hydrogens is 337 g/mol. The maximum Gasteiger partial charge on any atom is 0.305 e. The van der Waals surface area contributed by atoms with Crippen LogP contribution in [0.3, 0.4) is 0 Å². The summed E-state index contributed by atoms with van der Waals surface area (Å²) in [4.78, 5) is 23.8. The largest absolute Gasteiger partial charge is 0.481 e. The third-order valence-corrected chi connectivity index (χ3v) is 4.03. The normalized spacial score (nSPS) is 12.9. The summed E-state index contributed by atoms with van der Waals surface area (Å²) in [6, 6.07) is 12.4. The van der Waals surface area contributed by atoms with Crippen LogP contribution in [0, 0.1) is 12.7 Å². The smallest absolute Gasteiger partial charge is 0.305 e. The first-order valence-electron chi connectivity index (χ1n) is 8.41. The van der Waals surface area contributed by atoms with Crippen LogP contribution in [-0.2, 0) is 9.59 Å². The second-order valence-corrected chi connectivity index (χ2v) is 5.96. The first kappa shape index (κ1) is 19.4. The van der Waals surface area contributed by atoms with E-state index in [-0.39, 0.29) is 12.2 Å². The van der Waals surface area contributed by atoms with Crippen LogP contribution in [0.5, 0.6) is 5.75 Å². The van der Waals surface area contributed by atoms with Gasteiger partial charge in [0.25, 0.3) is 5.91 Å². The molecule has 2 aromatic carbocycles. The van der Waals surface area contributed by atoms with Gasteiger partial charge in [-0.3, -0.25) is 9.59 Å². The van der Waals surface area contributed by atoms with Gasteiger partial charge in [-0.15, -0.1) is 0 Å². The molecule has 0 bridgehead atoms. The molecule has 0 aliphatic carbocycles.